The van der Waals surface area contributed by atoms with Gasteiger partial charge in [0.05, 0.1) is 109 Å². The fourth-order valence-corrected chi connectivity index (χ4v) is 17.0. The Morgan fingerprint density at radius 1 is 0.862 bits per heavy atom. The number of nitrogens with zero attached hydrogens (tertiary/aromatic N) is 2. The lowest BCUT2D eigenvalue weighted by atomic mass is 9.75. The van der Waals surface area contributed by atoms with Crippen LogP contribution in [0.25, 0.3) is 0 Å². The summed E-state index contributed by atoms with van der Waals surface area (Å²) in [4.78, 5) is 87.7. The number of allylic oxidation sites excluding steroid dienone is 3. The lowest BCUT2D eigenvalue weighted by molar-refractivity contribution is -0.337. The maximum absolute atomic E-state index is 14.6. The maximum Gasteiger partial charge on any atom is 0.411 e. The first-order valence-corrected chi connectivity index (χ1v) is 39.3. The van der Waals surface area contributed by atoms with E-state index in [0.717, 1.165) is 24.4 Å². The molecule has 2 aliphatic carbocycles. The number of rotatable bonds is 31. The lowest BCUT2D eigenvalue weighted by Crippen LogP contribution is -2.65. The molecule has 598 valence electrons. The highest BCUT2D eigenvalue weighted by Crippen LogP contribution is 2.50. The number of benzene rings is 2. The second-order valence-electron chi connectivity index (χ2n) is 26.8. The number of halogens is 1. The SMILES string of the molecule is C=CN(C(C)=O)[C@H]1COC(O[C@@H]2C(O[C@H]3C#C/C=C\C#C[C@]4(O)CC(=O)C(NC(=O)OC)=C3/C4=C\CSSC(C)(C)CC(=O)N/N=C(\C)c3ccc(OCCCC(=O)NC)cc3)O[C@@H](C)C(NOC3CC(O)[C@H](SC(=O)c4c(C)c(I)c(OC5OC(C)[C@H](O)[C@H](OC)C5O)c(OC)c4OC)[C@@H](C)O3)[C@@H]2O)C[C@@H]1OC. The van der Waals surface area contributed by atoms with Crippen molar-refractivity contribution in [3.63, 3.8) is 0 Å². The van der Waals surface area contributed by atoms with Gasteiger partial charge in [-0.25, -0.2) is 10.2 Å². The van der Waals surface area contributed by atoms with Crippen molar-refractivity contribution >= 4 is 96.4 Å². The molecule has 9 N–H and O–H groups in total. The topological polar surface area (TPSA) is 397 Å². The molecule has 0 radical (unpaired) electrons. The van der Waals surface area contributed by atoms with Crippen LogP contribution in [0.4, 0.5) is 4.79 Å². The highest BCUT2D eigenvalue weighted by molar-refractivity contribution is 14.1. The third kappa shape index (κ3) is 22.1. The van der Waals surface area contributed by atoms with Gasteiger partial charge in [0.15, 0.2) is 41.8 Å². The Hall–Kier alpha value is -6.41. The largest absolute Gasteiger partial charge is 0.494 e. The Labute approximate surface area is 659 Å². The van der Waals surface area contributed by atoms with E-state index in [1.807, 2.05) is 48.6 Å². The monoisotopic (exact) mass is 1690 g/mol. The van der Waals surface area contributed by atoms with Crippen molar-refractivity contribution in [3.8, 4) is 46.7 Å². The number of hydrogen-bond donors (Lipinski definition) is 9. The number of methoxy groups -OCH3 is 5. The summed E-state index contributed by atoms with van der Waals surface area (Å²) in [6.07, 6.45) is -13.9. The van der Waals surface area contributed by atoms with Crippen LogP contribution in [-0.4, -0.2) is 252 Å². The van der Waals surface area contributed by atoms with Crippen LogP contribution in [-0.2, 0) is 66.6 Å². The zero-order valence-electron chi connectivity index (χ0n) is 63.0. The number of hydroxylamine groups is 1. The Balaban J connectivity index is 1.01. The molecule has 2 aromatic carbocycles. The molecule has 0 spiro atoms. The van der Waals surface area contributed by atoms with E-state index < -0.39 is 143 Å². The van der Waals surface area contributed by atoms with Crippen molar-refractivity contribution in [3.05, 3.63) is 92.4 Å². The van der Waals surface area contributed by atoms with Gasteiger partial charge >= 0.3 is 6.09 Å². The fourth-order valence-electron chi connectivity index (χ4n) is 12.9. The van der Waals surface area contributed by atoms with Crippen LogP contribution in [0, 0.1) is 34.2 Å². The van der Waals surface area contributed by atoms with Gasteiger partial charge in [-0.1, -0.05) is 69.7 Å². The molecule has 19 atom stereocenters. The average molecular weight is 1690 g/mol. The van der Waals surface area contributed by atoms with E-state index in [0.29, 0.717) is 40.0 Å². The summed E-state index contributed by atoms with van der Waals surface area (Å²) in [7, 11) is 10.8. The minimum absolute atomic E-state index is 0.00437. The molecular formula is C74H97IN6O25S3. The van der Waals surface area contributed by atoms with Gasteiger partial charge in [-0.15, -0.1) is 0 Å². The number of carbonyl (C=O) groups is 6. The van der Waals surface area contributed by atoms with Gasteiger partial charge < -0.3 is 97.3 Å². The van der Waals surface area contributed by atoms with Crippen molar-refractivity contribution in [1.29, 1.82) is 0 Å². The van der Waals surface area contributed by atoms with Crippen LogP contribution < -0.4 is 40.5 Å². The molecule has 4 fully saturated rings. The third-order valence-corrected chi connectivity index (χ3v) is 24.5. The van der Waals surface area contributed by atoms with Gasteiger partial charge in [-0.2, -0.15) is 10.6 Å². The second-order valence-corrected chi connectivity index (χ2v) is 32.0. The van der Waals surface area contributed by atoms with E-state index in [1.54, 1.807) is 59.9 Å². The molecule has 31 nitrogen and oxygen atoms in total. The first-order chi connectivity index (χ1) is 51.9. The molecule has 35 heteroatoms. The lowest BCUT2D eigenvalue weighted by Gasteiger charge is -2.47. The molecule has 6 aliphatic rings. The van der Waals surface area contributed by atoms with Crippen molar-refractivity contribution in [1.82, 2.24) is 26.4 Å². The van der Waals surface area contributed by atoms with Crippen LogP contribution in [0.5, 0.6) is 23.0 Å². The van der Waals surface area contributed by atoms with E-state index in [1.165, 1.54) is 80.2 Å². The summed E-state index contributed by atoms with van der Waals surface area (Å²) < 4.78 is 78.1. The number of carbonyl (C=O) groups excluding carboxylic acids is 6. The van der Waals surface area contributed by atoms with E-state index in [9.17, 15) is 54.3 Å². The molecule has 4 aliphatic heterocycles. The summed E-state index contributed by atoms with van der Waals surface area (Å²) >= 11 is 2.77. The first-order valence-electron chi connectivity index (χ1n) is 35.0. The summed E-state index contributed by atoms with van der Waals surface area (Å²) in [5, 5.41) is 67.1. The van der Waals surface area contributed by atoms with Gasteiger partial charge in [-0.05, 0) is 125 Å². The molecule has 0 aromatic heterocycles. The van der Waals surface area contributed by atoms with Gasteiger partial charge in [0.25, 0.3) is 0 Å². The third-order valence-electron chi connectivity index (χ3n) is 18.7. The number of ketones is 1. The number of alkyl carbamates (subject to hydrolysis) is 1. The van der Waals surface area contributed by atoms with E-state index >= 15 is 0 Å². The number of hydrogen-bond acceptors (Lipinski definition) is 30. The van der Waals surface area contributed by atoms with Gasteiger partial charge in [0, 0.05) is 81.7 Å². The second kappa shape index (κ2) is 40.4. The molecule has 109 heavy (non-hydrogen) atoms. The molecular weight excluding hydrogens is 1600 g/mol. The van der Waals surface area contributed by atoms with Crippen LogP contribution in [0.15, 0.2) is 77.2 Å². The smallest absolute Gasteiger partial charge is 0.411 e. The molecule has 4 saturated heterocycles. The number of aliphatic hydroxyl groups is 5. The van der Waals surface area contributed by atoms with Crippen molar-refractivity contribution in [2.45, 2.75) is 214 Å². The summed E-state index contributed by atoms with van der Waals surface area (Å²) in [5.74, 6) is 10.7. The van der Waals surface area contributed by atoms with E-state index in [-0.39, 0.29) is 89.0 Å². The van der Waals surface area contributed by atoms with Crippen LogP contribution in [0.3, 0.4) is 0 Å². The number of amides is 4. The number of fused-ring (bicyclic) bond motifs is 2. The molecule has 2 aromatic rings. The minimum atomic E-state index is -2.23. The first kappa shape index (κ1) is 88.2. The number of hydrazone groups is 1. The number of Topliss-reactive ketones (excluding diaryl/α,β-unsaturated/α-hetero) is 1. The number of ether oxygens (including phenoxy) is 13. The Kier molecular flexibility index (Phi) is 32.6. The molecule has 2 bridgehead atoms. The van der Waals surface area contributed by atoms with Crippen LogP contribution in [0.2, 0.25) is 0 Å². The molecule has 8 rings (SSSR count). The predicted molar refractivity (Wildman–Crippen MR) is 409 cm³/mol. The van der Waals surface area contributed by atoms with Crippen LogP contribution in [0.1, 0.15) is 108 Å². The predicted octanol–water partition coefficient (Wildman–Crippen LogP) is 4.92. The van der Waals surface area contributed by atoms with Gasteiger partial charge in [-0.3, -0.25) is 34.1 Å². The Morgan fingerprint density at radius 3 is 2.22 bits per heavy atom. The molecule has 4 heterocycles. The highest BCUT2D eigenvalue weighted by Gasteiger charge is 2.53. The standard InChI is InChI=1S/C74H97IN6O25S3/c1-16-81(42(7)82)46-36-99-53(33-50(46)93-11)104-66-61(88)58(80-106-54-32-47(83)68(41(6)100-54)108-69(90)55-37(2)57(75)64(67(96-14)63(55)94-12)105-70-62(89)65(95-13)60(87)40(5)102-70)39(4)101-71(66)103-49-22-19-17-18-20-29-74(92)34-48(84)59(77-72(91)97-15)56(49)45(74)28-31-107-109-73(8,9)35-52(86)79-78-38(3)43-24-26-44(27-25-43)98-30-21-23-51(85)76-10/h16-18,24-28,39-41,46-47,49-50,53-54,58,60-62,65-66,68,70-71,80,83,87-89,92H,1,21,23,30-36H2,2-15H3,(H,76,85)(H,77,91)(H,79,86)/b18-17-,45-28+,78-38+/t39-,40?,41+,46-,47?,49-,50-,53?,54?,58?,60-,61-,62?,65-,66-,68+,70?,71?,74-/m0/s1. The van der Waals surface area contributed by atoms with Crippen molar-refractivity contribution in [2.24, 2.45) is 5.10 Å². The quantitative estimate of drug-likeness (QED) is 0.0121. The van der Waals surface area contributed by atoms with E-state index in [4.69, 9.17) is 66.4 Å². The number of thioether (sulfide) groups is 1. The zero-order chi connectivity index (χ0) is 79.8. The summed E-state index contributed by atoms with van der Waals surface area (Å²) in [5.41, 5.74) is 4.57. The Bertz CT molecular complexity index is 3850. The van der Waals surface area contributed by atoms with Gasteiger partial charge in [0.1, 0.15) is 42.4 Å². The summed E-state index contributed by atoms with van der Waals surface area (Å²) in [6.45, 7) is 17.4. The summed E-state index contributed by atoms with van der Waals surface area (Å²) in [6, 6.07) is 5.31. The van der Waals surface area contributed by atoms with Crippen LogP contribution >= 0.6 is 55.9 Å². The molecule has 8 unspecified atom stereocenters. The number of aliphatic hydroxyl groups excluding tert-OH is 4. The highest BCUT2D eigenvalue weighted by atomic mass is 127. The van der Waals surface area contributed by atoms with Crippen molar-refractivity contribution < 1.29 is 121 Å². The molecule has 4 amide bonds. The Morgan fingerprint density at radius 2 is 1.57 bits per heavy atom. The zero-order valence-corrected chi connectivity index (χ0v) is 67.6. The normalized spacial score (nSPS) is 30.4. The fraction of sp³-hybridized carbons (Fsp3) is 0.581. The van der Waals surface area contributed by atoms with Crippen molar-refractivity contribution in [2.75, 3.05) is 61.6 Å². The maximum atomic E-state index is 14.6. The number of nitrogens with one attached hydrogen (secondary N) is 4. The minimum Gasteiger partial charge on any atom is -0.494 e. The average Bonchev–Trinajstić information content (AvgIpc) is 0.754. The molecule has 0 saturated carbocycles. The van der Waals surface area contributed by atoms with Gasteiger partial charge in [0.2, 0.25) is 34.9 Å². The van der Waals surface area contributed by atoms with E-state index in [2.05, 4.69) is 56.9 Å².